The van der Waals surface area contributed by atoms with E-state index in [-0.39, 0.29) is 5.56 Å². The minimum Gasteiger partial charge on any atom is -0.292 e. The van der Waals surface area contributed by atoms with Gasteiger partial charge in [-0.2, -0.15) is 4.68 Å². The van der Waals surface area contributed by atoms with Crippen molar-refractivity contribution in [2.75, 3.05) is 0 Å². The third-order valence-corrected chi connectivity index (χ3v) is 8.07. The normalized spacial score (nSPS) is 11.8. The van der Waals surface area contributed by atoms with Gasteiger partial charge in [0.1, 0.15) is 5.01 Å². The zero-order chi connectivity index (χ0) is 24.6. The summed E-state index contributed by atoms with van der Waals surface area (Å²) in [5.41, 5.74) is 6.27. The molecule has 0 bridgehead atoms. The van der Waals surface area contributed by atoms with Gasteiger partial charge in [0, 0.05) is 17.5 Å². The molecule has 8 heteroatoms. The highest BCUT2D eigenvalue weighted by Crippen LogP contribution is 2.31. The highest BCUT2D eigenvalue weighted by Gasteiger charge is 2.16. The second-order valence-corrected chi connectivity index (χ2v) is 10.7. The van der Waals surface area contributed by atoms with Crippen LogP contribution in [0.15, 0.2) is 76.5 Å². The van der Waals surface area contributed by atoms with Crippen LogP contribution in [0.3, 0.4) is 0 Å². The molecule has 0 aliphatic carbocycles. The molecule has 1 N–H and O–H groups in total. The molecule has 3 aromatic carbocycles. The van der Waals surface area contributed by atoms with Crippen LogP contribution >= 0.6 is 22.7 Å². The van der Waals surface area contributed by atoms with Gasteiger partial charge in [-0.25, -0.2) is 9.97 Å². The third-order valence-electron chi connectivity index (χ3n) is 5.98. The summed E-state index contributed by atoms with van der Waals surface area (Å²) < 4.78 is 3.77. The van der Waals surface area contributed by atoms with Gasteiger partial charge in [-0.3, -0.25) is 14.9 Å². The van der Waals surface area contributed by atoms with Crippen molar-refractivity contribution in [3.63, 3.8) is 0 Å². The van der Waals surface area contributed by atoms with Crippen LogP contribution in [0.25, 0.3) is 36.1 Å². The van der Waals surface area contributed by atoms with E-state index in [1.165, 1.54) is 26.3 Å². The summed E-state index contributed by atoms with van der Waals surface area (Å²) in [5, 5.41) is 4.89. The maximum absolute atomic E-state index is 13.3. The molecule has 0 spiro atoms. The molecule has 0 aliphatic rings. The lowest BCUT2D eigenvalue weighted by atomic mass is 10.2. The number of H-pyrrole nitrogens is 1. The van der Waals surface area contributed by atoms with E-state index in [0.29, 0.717) is 10.7 Å². The first-order valence-corrected chi connectivity index (χ1v) is 13.4. The lowest BCUT2D eigenvalue weighted by Crippen LogP contribution is -2.16. The van der Waals surface area contributed by atoms with Crippen molar-refractivity contribution in [3.8, 4) is 15.7 Å². The molecule has 6 rings (SSSR count). The molecule has 0 saturated heterocycles. The number of nitrogens with zero attached hydrogens (tertiary/aromatic N) is 4. The third kappa shape index (κ3) is 4.19. The van der Waals surface area contributed by atoms with Crippen molar-refractivity contribution in [2.45, 2.75) is 26.7 Å². The molecule has 0 saturated carbocycles. The highest BCUT2D eigenvalue weighted by molar-refractivity contribution is 7.21. The molecule has 0 amide bonds. The van der Waals surface area contributed by atoms with E-state index in [1.807, 2.05) is 48.5 Å². The molecule has 178 valence electrons. The van der Waals surface area contributed by atoms with Crippen LogP contribution in [0.5, 0.6) is 0 Å². The molecular formula is C28H23N5OS2. The van der Waals surface area contributed by atoms with Gasteiger partial charge in [-0.15, -0.1) is 11.3 Å². The number of hydrogen-bond acceptors (Lipinski definition) is 6. The predicted molar refractivity (Wildman–Crippen MR) is 151 cm³/mol. The zero-order valence-electron chi connectivity index (χ0n) is 19.9. The van der Waals surface area contributed by atoms with Gasteiger partial charge in [0.05, 0.1) is 31.7 Å². The number of hydrogen-bond donors (Lipinski definition) is 1. The summed E-state index contributed by atoms with van der Waals surface area (Å²) in [7, 11) is 0. The average Bonchev–Trinajstić information content (AvgIpc) is 3.58. The van der Waals surface area contributed by atoms with Gasteiger partial charge in [0.15, 0.2) is 0 Å². The van der Waals surface area contributed by atoms with Gasteiger partial charge >= 0.3 is 0 Å². The Morgan fingerprint density at radius 3 is 2.58 bits per heavy atom. The summed E-state index contributed by atoms with van der Waals surface area (Å²) in [5.74, 6) is 0. The smallest absolute Gasteiger partial charge is 0.282 e. The van der Waals surface area contributed by atoms with Crippen LogP contribution in [0.2, 0.25) is 0 Å². The quantitative estimate of drug-likeness (QED) is 0.244. The van der Waals surface area contributed by atoms with Gasteiger partial charge in [0.25, 0.3) is 5.56 Å². The van der Waals surface area contributed by atoms with Gasteiger partial charge in [-0.1, -0.05) is 42.9 Å². The Morgan fingerprint density at radius 2 is 1.78 bits per heavy atom. The number of aromatic nitrogens is 4. The molecular weight excluding hydrogens is 486 g/mol. The lowest BCUT2D eigenvalue weighted by Gasteiger charge is -1.98. The number of aliphatic imine (C=N–C) groups is 1. The van der Waals surface area contributed by atoms with Crippen LogP contribution in [0.4, 0.5) is 5.69 Å². The Hall–Kier alpha value is -3.88. The van der Waals surface area contributed by atoms with Crippen molar-refractivity contribution in [2.24, 2.45) is 4.99 Å². The average molecular weight is 510 g/mol. The Kier molecular flexibility index (Phi) is 5.83. The Bertz CT molecular complexity index is 1750. The second-order valence-electron chi connectivity index (χ2n) is 8.65. The second kappa shape index (κ2) is 9.29. The largest absolute Gasteiger partial charge is 0.292 e. The fourth-order valence-corrected chi connectivity index (χ4v) is 6.14. The molecule has 6 nitrogen and oxygen atoms in total. The predicted octanol–water partition coefficient (Wildman–Crippen LogP) is 7.06. The number of para-hydroxylation sites is 1. The number of aromatic amines is 1. The molecule has 0 unspecified atom stereocenters. The maximum atomic E-state index is 13.3. The van der Waals surface area contributed by atoms with E-state index in [1.54, 1.807) is 17.6 Å². The van der Waals surface area contributed by atoms with Crippen molar-refractivity contribution in [1.82, 2.24) is 19.7 Å². The number of aryl methyl sites for hydroxylation is 2. The Labute approximate surface area is 215 Å². The monoisotopic (exact) mass is 509 g/mol. The summed E-state index contributed by atoms with van der Waals surface area (Å²) in [4.78, 5) is 27.3. The van der Waals surface area contributed by atoms with Crippen LogP contribution in [0.1, 0.15) is 30.2 Å². The molecule has 3 aromatic heterocycles. The van der Waals surface area contributed by atoms with Gasteiger partial charge < -0.3 is 0 Å². The van der Waals surface area contributed by atoms with Crippen molar-refractivity contribution < 1.29 is 0 Å². The van der Waals surface area contributed by atoms with Crippen molar-refractivity contribution >= 4 is 55.0 Å². The van der Waals surface area contributed by atoms with Crippen LogP contribution in [0, 0.1) is 6.92 Å². The molecule has 36 heavy (non-hydrogen) atoms. The van der Waals surface area contributed by atoms with E-state index < -0.39 is 0 Å². The summed E-state index contributed by atoms with van der Waals surface area (Å²) in [6.07, 6.45) is 3.34. The fraction of sp³-hybridized carbons (Fsp3) is 0.143. The lowest BCUT2D eigenvalue weighted by molar-refractivity contribution is 0.790. The molecule has 0 atom stereocenters. The first-order valence-electron chi connectivity index (χ1n) is 11.8. The number of benzene rings is 3. The summed E-state index contributed by atoms with van der Waals surface area (Å²) in [6, 6.07) is 22.2. The minimum absolute atomic E-state index is 0.136. The van der Waals surface area contributed by atoms with Crippen molar-refractivity contribution in [3.05, 3.63) is 93.9 Å². The standard InChI is InChI=1S/C28H23N5OS2/c1-3-6-21-20(27(34)33(32-21)28-31-22-7-4-5-8-24(22)36-28)16-29-19-12-10-18(11-13-19)26-30-23-14-9-17(2)15-25(23)35-26/h4-5,7-16,32H,3,6H2,1-2H3. The molecule has 0 fully saturated rings. The van der Waals surface area contributed by atoms with Gasteiger partial charge in [0.2, 0.25) is 5.13 Å². The van der Waals surface area contributed by atoms with Gasteiger partial charge in [-0.05, 0) is 67.4 Å². The summed E-state index contributed by atoms with van der Waals surface area (Å²) in [6.45, 7) is 4.19. The summed E-state index contributed by atoms with van der Waals surface area (Å²) >= 11 is 3.18. The topological polar surface area (TPSA) is 75.9 Å². The van der Waals surface area contributed by atoms with E-state index in [4.69, 9.17) is 4.98 Å². The molecule has 0 aliphatic heterocycles. The first-order chi connectivity index (χ1) is 17.6. The first kappa shape index (κ1) is 22.6. The number of thiazole rings is 2. The van der Waals surface area contributed by atoms with E-state index in [0.717, 1.165) is 50.5 Å². The Balaban J connectivity index is 1.30. The van der Waals surface area contributed by atoms with E-state index >= 15 is 0 Å². The molecule has 0 radical (unpaired) electrons. The highest BCUT2D eigenvalue weighted by atomic mass is 32.1. The number of fused-ring (bicyclic) bond motifs is 2. The fourth-order valence-electron chi connectivity index (χ4n) is 4.14. The van der Waals surface area contributed by atoms with Crippen molar-refractivity contribution in [1.29, 1.82) is 0 Å². The number of nitrogens with one attached hydrogen (secondary N) is 1. The minimum atomic E-state index is -0.136. The maximum Gasteiger partial charge on any atom is 0.282 e. The molecule has 3 heterocycles. The SMILES string of the molecule is CCCc1[nH]n(-c2nc3ccccc3s2)c(=O)c1C=Nc1ccc(-c2nc3ccc(C)cc3s2)cc1. The number of rotatable bonds is 6. The van der Waals surface area contributed by atoms with Crippen LogP contribution in [-0.2, 0) is 6.42 Å². The van der Waals surface area contributed by atoms with E-state index in [2.05, 4.69) is 47.1 Å². The molecule has 6 aromatic rings. The van der Waals surface area contributed by atoms with E-state index in [9.17, 15) is 4.79 Å². The van der Waals surface area contributed by atoms with Crippen LogP contribution in [-0.4, -0.2) is 26.0 Å². The Morgan fingerprint density at radius 1 is 0.972 bits per heavy atom. The van der Waals surface area contributed by atoms with Crippen LogP contribution < -0.4 is 5.56 Å². The zero-order valence-corrected chi connectivity index (χ0v) is 21.5.